The molecule has 1 heterocycles. The van der Waals surface area contributed by atoms with Gasteiger partial charge in [-0.15, -0.1) is 0 Å². The van der Waals surface area contributed by atoms with Crippen LogP contribution in [0.15, 0.2) is 0 Å². The van der Waals surface area contributed by atoms with E-state index in [1.54, 1.807) is 0 Å². The molecule has 0 amide bonds. The predicted octanol–water partition coefficient (Wildman–Crippen LogP) is 1.86. The summed E-state index contributed by atoms with van der Waals surface area (Å²) in [4.78, 5) is 14.3. The summed E-state index contributed by atoms with van der Waals surface area (Å²) in [6.45, 7) is 2.28. The fourth-order valence-corrected chi connectivity index (χ4v) is 2.80. The lowest BCUT2D eigenvalue weighted by molar-refractivity contribution is -0.125. The normalized spacial score (nSPS) is 27.5. The second kappa shape index (κ2) is 5.78. The van der Waals surface area contributed by atoms with E-state index in [0.29, 0.717) is 24.3 Å². The smallest absolute Gasteiger partial charge is 0.149 e. The van der Waals surface area contributed by atoms with Gasteiger partial charge >= 0.3 is 0 Å². The lowest BCUT2D eigenvalue weighted by Crippen LogP contribution is -2.38. The molecule has 0 N–H and O–H groups in total. The Morgan fingerprint density at radius 1 is 1.25 bits per heavy atom. The number of ether oxygens (including phenoxy) is 1. The third-order valence-electron chi connectivity index (χ3n) is 3.99. The van der Waals surface area contributed by atoms with Crippen molar-refractivity contribution >= 4 is 5.78 Å². The third-order valence-corrected chi connectivity index (χ3v) is 3.99. The monoisotopic (exact) mass is 225 g/mol. The Kier molecular flexibility index (Phi) is 4.36. The number of hydrogen-bond acceptors (Lipinski definition) is 3. The maximum absolute atomic E-state index is 12.1. The minimum absolute atomic E-state index is 0.346. The van der Waals surface area contributed by atoms with Crippen molar-refractivity contribution in [2.24, 2.45) is 5.92 Å². The number of likely N-dealkylation sites (N-methyl/N-ethyl adjacent to an activating group) is 1. The summed E-state index contributed by atoms with van der Waals surface area (Å²) in [5, 5.41) is 0. The third kappa shape index (κ3) is 3.05. The minimum atomic E-state index is 0.346. The van der Waals surface area contributed by atoms with E-state index in [-0.39, 0.29) is 0 Å². The first-order chi connectivity index (χ1) is 7.77. The molecule has 1 aliphatic heterocycles. The Hall–Kier alpha value is -0.410. The Morgan fingerprint density at radius 3 is 2.62 bits per heavy atom. The zero-order chi connectivity index (χ0) is 11.4. The van der Waals surface area contributed by atoms with Crippen LogP contribution in [-0.2, 0) is 9.53 Å². The average molecular weight is 225 g/mol. The molecule has 0 bridgehead atoms. The van der Waals surface area contributed by atoms with Crippen LogP contribution in [-0.4, -0.2) is 43.5 Å². The van der Waals surface area contributed by atoms with Gasteiger partial charge in [-0.3, -0.25) is 9.69 Å². The quantitative estimate of drug-likeness (QED) is 0.731. The molecule has 16 heavy (non-hydrogen) atoms. The Labute approximate surface area is 98.1 Å². The molecule has 0 spiro atoms. The van der Waals surface area contributed by atoms with Gasteiger partial charge in [-0.25, -0.2) is 0 Å². The fraction of sp³-hybridized carbons (Fsp3) is 0.923. The molecule has 0 radical (unpaired) electrons. The SMILES string of the molecule is CN(CC(=O)C1CCCCC1)C1CCOC1. The van der Waals surface area contributed by atoms with E-state index in [0.717, 1.165) is 32.5 Å². The molecule has 0 aromatic carbocycles. The number of hydrogen-bond donors (Lipinski definition) is 0. The van der Waals surface area contributed by atoms with E-state index >= 15 is 0 Å². The van der Waals surface area contributed by atoms with Crippen molar-refractivity contribution in [2.75, 3.05) is 26.8 Å². The van der Waals surface area contributed by atoms with E-state index in [1.807, 2.05) is 0 Å². The molecule has 1 saturated heterocycles. The Morgan fingerprint density at radius 2 is 2.00 bits per heavy atom. The minimum Gasteiger partial charge on any atom is -0.380 e. The van der Waals surface area contributed by atoms with Gasteiger partial charge in [-0.1, -0.05) is 19.3 Å². The molecule has 92 valence electrons. The number of carbonyl (C=O) groups is 1. The van der Waals surface area contributed by atoms with Crippen LogP contribution in [0.1, 0.15) is 38.5 Å². The van der Waals surface area contributed by atoms with Crippen LogP contribution in [0.4, 0.5) is 0 Å². The van der Waals surface area contributed by atoms with Crippen molar-refractivity contribution in [1.82, 2.24) is 4.90 Å². The van der Waals surface area contributed by atoms with Gasteiger partial charge in [0, 0.05) is 18.6 Å². The van der Waals surface area contributed by atoms with Gasteiger partial charge in [0.2, 0.25) is 0 Å². The van der Waals surface area contributed by atoms with Gasteiger partial charge in [0.05, 0.1) is 13.2 Å². The Balaban J connectivity index is 1.76. The molecule has 2 rings (SSSR count). The van der Waals surface area contributed by atoms with Gasteiger partial charge in [-0.05, 0) is 26.3 Å². The van der Waals surface area contributed by atoms with Crippen molar-refractivity contribution in [3.63, 3.8) is 0 Å². The second-order valence-electron chi connectivity index (χ2n) is 5.23. The number of carbonyl (C=O) groups excluding carboxylic acids is 1. The molecule has 3 heteroatoms. The number of rotatable bonds is 4. The van der Waals surface area contributed by atoms with E-state index in [1.165, 1.54) is 19.3 Å². The number of Topliss-reactive ketones (excluding diaryl/α,β-unsaturated/α-hetero) is 1. The molecule has 1 unspecified atom stereocenters. The van der Waals surface area contributed by atoms with Crippen LogP contribution in [0.25, 0.3) is 0 Å². The summed E-state index contributed by atoms with van der Waals surface area (Å²) in [7, 11) is 2.06. The maximum atomic E-state index is 12.1. The van der Waals surface area contributed by atoms with Gasteiger partial charge in [0.1, 0.15) is 5.78 Å². The largest absolute Gasteiger partial charge is 0.380 e. The highest BCUT2D eigenvalue weighted by Crippen LogP contribution is 2.24. The van der Waals surface area contributed by atoms with Gasteiger partial charge in [-0.2, -0.15) is 0 Å². The standard InChI is InChI=1S/C13H23NO2/c1-14(12-7-8-16-10-12)9-13(15)11-5-3-2-4-6-11/h11-12H,2-10H2,1H3. The zero-order valence-electron chi connectivity index (χ0n) is 10.3. The first kappa shape index (κ1) is 12.1. The van der Waals surface area contributed by atoms with Crippen molar-refractivity contribution in [3.8, 4) is 0 Å². The van der Waals surface area contributed by atoms with Crippen LogP contribution in [0.5, 0.6) is 0 Å². The van der Waals surface area contributed by atoms with Gasteiger partial charge in [0.15, 0.2) is 0 Å². The fourth-order valence-electron chi connectivity index (χ4n) is 2.80. The van der Waals surface area contributed by atoms with E-state index < -0.39 is 0 Å². The molecule has 3 nitrogen and oxygen atoms in total. The maximum Gasteiger partial charge on any atom is 0.149 e. The summed E-state index contributed by atoms with van der Waals surface area (Å²) in [6, 6.07) is 0.465. The average Bonchev–Trinajstić information content (AvgIpc) is 2.83. The van der Waals surface area contributed by atoms with Crippen molar-refractivity contribution in [3.05, 3.63) is 0 Å². The topological polar surface area (TPSA) is 29.5 Å². The van der Waals surface area contributed by atoms with Crippen molar-refractivity contribution in [2.45, 2.75) is 44.6 Å². The summed E-state index contributed by atoms with van der Waals surface area (Å²) in [6.07, 6.45) is 7.12. The summed E-state index contributed by atoms with van der Waals surface area (Å²) < 4.78 is 5.35. The first-order valence-corrected chi connectivity index (χ1v) is 6.58. The predicted molar refractivity (Wildman–Crippen MR) is 63.4 cm³/mol. The highest BCUT2D eigenvalue weighted by atomic mass is 16.5. The Bertz CT molecular complexity index is 230. The summed E-state index contributed by atoms with van der Waals surface area (Å²) in [5.74, 6) is 0.799. The lowest BCUT2D eigenvalue weighted by Gasteiger charge is -2.26. The second-order valence-corrected chi connectivity index (χ2v) is 5.23. The molecule has 1 atom stereocenters. The number of ketones is 1. The van der Waals surface area contributed by atoms with Crippen molar-refractivity contribution < 1.29 is 9.53 Å². The van der Waals surface area contributed by atoms with Crippen LogP contribution >= 0.6 is 0 Å². The molecular weight excluding hydrogens is 202 g/mol. The van der Waals surface area contributed by atoms with Crippen LogP contribution in [0, 0.1) is 5.92 Å². The van der Waals surface area contributed by atoms with E-state index in [9.17, 15) is 4.79 Å². The van der Waals surface area contributed by atoms with Crippen LogP contribution < -0.4 is 0 Å². The summed E-state index contributed by atoms with van der Waals surface area (Å²) in [5.41, 5.74) is 0. The van der Waals surface area contributed by atoms with Gasteiger partial charge < -0.3 is 4.74 Å². The molecule has 2 fully saturated rings. The van der Waals surface area contributed by atoms with Crippen molar-refractivity contribution in [1.29, 1.82) is 0 Å². The van der Waals surface area contributed by atoms with E-state index in [4.69, 9.17) is 4.74 Å². The molecule has 0 aromatic rings. The zero-order valence-corrected chi connectivity index (χ0v) is 10.3. The summed E-state index contributed by atoms with van der Waals surface area (Å²) >= 11 is 0. The van der Waals surface area contributed by atoms with Crippen LogP contribution in [0.2, 0.25) is 0 Å². The van der Waals surface area contributed by atoms with E-state index in [2.05, 4.69) is 11.9 Å². The van der Waals surface area contributed by atoms with Crippen LogP contribution in [0.3, 0.4) is 0 Å². The first-order valence-electron chi connectivity index (χ1n) is 6.58. The number of nitrogens with zero attached hydrogens (tertiary/aromatic N) is 1. The molecule has 0 aromatic heterocycles. The molecule has 1 aliphatic carbocycles. The van der Waals surface area contributed by atoms with Gasteiger partial charge in [0.25, 0.3) is 0 Å². The highest BCUT2D eigenvalue weighted by molar-refractivity contribution is 5.83. The lowest BCUT2D eigenvalue weighted by atomic mass is 9.86. The highest BCUT2D eigenvalue weighted by Gasteiger charge is 2.26. The molecular formula is C13H23NO2. The molecule has 2 aliphatic rings. The molecule has 1 saturated carbocycles.